The van der Waals surface area contributed by atoms with Crippen molar-refractivity contribution >= 4 is 22.6 Å². The van der Waals surface area contributed by atoms with Crippen molar-refractivity contribution in [1.82, 2.24) is 20.1 Å². The van der Waals surface area contributed by atoms with E-state index in [0.717, 1.165) is 4.96 Å². The molecule has 0 fully saturated rings. The molecule has 0 radical (unpaired) electrons. The highest BCUT2D eigenvalue weighted by atomic mass is 35.5. The molecule has 2 aromatic heterocycles. The van der Waals surface area contributed by atoms with Gasteiger partial charge in [0.1, 0.15) is 18.1 Å². The standard InChI is InChI=1S/C6H5ClN4O/c1-12-11-9-5-3-8-2-4(7)6(5)10-11/h2-3H,1H3. The van der Waals surface area contributed by atoms with Crippen molar-refractivity contribution < 1.29 is 4.84 Å². The van der Waals surface area contributed by atoms with Crippen molar-refractivity contribution in [2.45, 2.75) is 0 Å². The lowest BCUT2D eigenvalue weighted by Crippen LogP contribution is -2.08. The Morgan fingerprint density at radius 1 is 1.42 bits per heavy atom. The molecule has 2 aromatic rings. The van der Waals surface area contributed by atoms with Crippen molar-refractivity contribution in [3.05, 3.63) is 17.4 Å². The minimum absolute atomic E-state index is 0.468. The van der Waals surface area contributed by atoms with Gasteiger partial charge in [-0.1, -0.05) is 11.6 Å². The third-order valence-corrected chi connectivity index (χ3v) is 1.67. The van der Waals surface area contributed by atoms with E-state index < -0.39 is 0 Å². The van der Waals surface area contributed by atoms with Crippen LogP contribution in [0.5, 0.6) is 0 Å². The third kappa shape index (κ3) is 0.984. The number of hydrogen-bond donors (Lipinski definition) is 0. The fourth-order valence-electron chi connectivity index (χ4n) is 0.872. The maximum absolute atomic E-state index is 5.79. The van der Waals surface area contributed by atoms with E-state index in [1.54, 1.807) is 6.20 Å². The molecule has 0 aliphatic rings. The summed E-state index contributed by atoms with van der Waals surface area (Å²) in [6, 6.07) is 0. The Labute approximate surface area is 72.9 Å². The van der Waals surface area contributed by atoms with E-state index in [0.29, 0.717) is 16.1 Å². The van der Waals surface area contributed by atoms with Gasteiger partial charge in [0.2, 0.25) is 0 Å². The number of nitrogens with zero attached hydrogens (tertiary/aromatic N) is 4. The van der Waals surface area contributed by atoms with Crippen LogP contribution in [-0.2, 0) is 0 Å². The SMILES string of the molecule is COn1nc2cncc(Cl)c2n1. The molecule has 0 unspecified atom stereocenters. The van der Waals surface area contributed by atoms with Crippen molar-refractivity contribution in [2.24, 2.45) is 0 Å². The Hall–Kier alpha value is -1.36. The number of hydrogen-bond acceptors (Lipinski definition) is 4. The van der Waals surface area contributed by atoms with Gasteiger partial charge in [-0.25, -0.2) is 0 Å². The van der Waals surface area contributed by atoms with Gasteiger partial charge in [0.15, 0.2) is 0 Å². The summed E-state index contributed by atoms with van der Waals surface area (Å²) in [4.78, 5) is 9.71. The van der Waals surface area contributed by atoms with Crippen LogP contribution < -0.4 is 4.84 Å². The van der Waals surface area contributed by atoms with Crippen LogP contribution in [0.25, 0.3) is 11.0 Å². The molecule has 6 heteroatoms. The van der Waals surface area contributed by atoms with E-state index >= 15 is 0 Å². The summed E-state index contributed by atoms with van der Waals surface area (Å²) in [6.07, 6.45) is 3.09. The van der Waals surface area contributed by atoms with Gasteiger partial charge in [-0.15, -0.1) is 10.2 Å². The lowest BCUT2D eigenvalue weighted by atomic mass is 10.4. The maximum atomic E-state index is 5.79. The molecule has 0 atom stereocenters. The molecular weight excluding hydrogens is 180 g/mol. The van der Waals surface area contributed by atoms with Crippen LogP contribution in [0.15, 0.2) is 12.4 Å². The first-order valence-electron chi connectivity index (χ1n) is 3.22. The summed E-state index contributed by atoms with van der Waals surface area (Å²) >= 11 is 5.79. The minimum atomic E-state index is 0.468. The highest BCUT2D eigenvalue weighted by Gasteiger charge is 2.05. The fraction of sp³-hybridized carbons (Fsp3) is 0.167. The Bertz CT molecular complexity index is 413. The molecule has 0 amide bonds. The molecule has 0 spiro atoms. The Morgan fingerprint density at radius 2 is 2.25 bits per heavy atom. The van der Waals surface area contributed by atoms with Crippen molar-refractivity contribution in [1.29, 1.82) is 0 Å². The van der Waals surface area contributed by atoms with Gasteiger partial charge in [-0.2, -0.15) is 0 Å². The van der Waals surface area contributed by atoms with Crippen molar-refractivity contribution in [3.63, 3.8) is 0 Å². The summed E-state index contributed by atoms with van der Waals surface area (Å²) < 4.78 is 0. The van der Waals surface area contributed by atoms with E-state index in [1.165, 1.54) is 13.3 Å². The van der Waals surface area contributed by atoms with E-state index in [-0.39, 0.29) is 0 Å². The third-order valence-electron chi connectivity index (χ3n) is 1.40. The largest absolute Gasteiger partial charge is 0.385 e. The lowest BCUT2D eigenvalue weighted by molar-refractivity contribution is 0.102. The molecule has 2 heterocycles. The molecule has 0 saturated heterocycles. The predicted molar refractivity (Wildman–Crippen MR) is 42.8 cm³/mol. The zero-order valence-electron chi connectivity index (χ0n) is 6.23. The fourth-order valence-corrected chi connectivity index (χ4v) is 1.06. The van der Waals surface area contributed by atoms with E-state index in [9.17, 15) is 0 Å². The van der Waals surface area contributed by atoms with Crippen LogP contribution in [0.3, 0.4) is 0 Å². The Morgan fingerprint density at radius 3 is 2.92 bits per heavy atom. The van der Waals surface area contributed by atoms with Crippen molar-refractivity contribution in [2.75, 3.05) is 7.11 Å². The molecule has 0 bridgehead atoms. The van der Waals surface area contributed by atoms with E-state index in [2.05, 4.69) is 15.2 Å². The second-order valence-corrected chi connectivity index (χ2v) is 2.53. The summed E-state index contributed by atoms with van der Waals surface area (Å²) in [5.74, 6) is 0. The predicted octanol–water partition coefficient (Wildman–Crippen LogP) is 0.538. The van der Waals surface area contributed by atoms with Gasteiger partial charge in [-0.3, -0.25) is 4.98 Å². The summed E-state index contributed by atoms with van der Waals surface area (Å²) in [5.41, 5.74) is 1.21. The molecule has 2 rings (SSSR count). The van der Waals surface area contributed by atoms with Crippen LogP contribution in [0.1, 0.15) is 0 Å². The summed E-state index contributed by atoms with van der Waals surface area (Å²) in [7, 11) is 1.47. The molecule has 5 nitrogen and oxygen atoms in total. The number of halogens is 1. The number of aromatic nitrogens is 4. The number of fused-ring (bicyclic) bond motifs is 1. The highest BCUT2D eigenvalue weighted by Crippen LogP contribution is 2.16. The minimum Gasteiger partial charge on any atom is -0.385 e. The highest BCUT2D eigenvalue weighted by molar-refractivity contribution is 6.34. The molecule has 0 aliphatic heterocycles. The van der Waals surface area contributed by atoms with Gasteiger partial charge < -0.3 is 4.84 Å². The van der Waals surface area contributed by atoms with Crippen LogP contribution in [0.2, 0.25) is 5.02 Å². The van der Waals surface area contributed by atoms with Crippen LogP contribution in [0.4, 0.5) is 0 Å². The van der Waals surface area contributed by atoms with Crippen molar-refractivity contribution in [3.8, 4) is 0 Å². The first-order chi connectivity index (χ1) is 5.81. The van der Waals surface area contributed by atoms with Crippen LogP contribution >= 0.6 is 11.6 Å². The second-order valence-electron chi connectivity index (χ2n) is 2.12. The van der Waals surface area contributed by atoms with Gasteiger partial charge in [0.25, 0.3) is 0 Å². The van der Waals surface area contributed by atoms with Crippen LogP contribution in [-0.4, -0.2) is 27.3 Å². The Balaban J connectivity index is 2.74. The number of pyridine rings is 1. The summed E-state index contributed by atoms with van der Waals surface area (Å²) in [5, 5.41) is 8.34. The summed E-state index contributed by atoms with van der Waals surface area (Å²) in [6.45, 7) is 0. The van der Waals surface area contributed by atoms with Gasteiger partial charge >= 0.3 is 0 Å². The Kier molecular flexibility index (Phi) is 1.58. The average molecular weight is 185 g/mol. The lowest BCUT2D eigenvalue weighted by Gasteiger charge is -1.89. The molecular formula is C6H5ClN4O. The normalized spacial score (nSPS) is 10.5. The monoisotopic (exact) mass is 184 g/mol. The van der Waals surface area contributed by atoms with Gasteiger partial charge in [0, 0.05) is 6.20 Å². The molecule has 0 aliphatic carbocycles. The smallest absolute Gasteiger partial charge is 0.138 e. The molecule has 0 saturated carbocycles. The van der Waals surface area contributed by atoms with Gasteiger partial charge in [-0.05, 0) is 4.96 Å². The average Bonchev–Trinajstić information content (AvgIpc) is 2.49. The molecule has 0 aromatic carbocycles. The maximum Gasteiger partial charge on any atom is 0.138 e. The first kappa shape index (κ1) is 7.30. The first-order valence-corrected chi connectivity index (χ1v) is 3.60. The van der Waals surface area contributed by atoms with E-state index in [4.69, 9.17) is 16.4 Å². The van der Waals surface area contributed by atoms with Gasteiger partial charge in [0.05, 0.1) is 11.2 Å². The second kappa shape index (κ2) is 2.60. The van der Waals surface area contributed by atoms with E-state index in [1.807, 2.05) is 0 Å². The topological polar surface area (TPSA) is 52.8 Å². The zero-order valence-corrected chi connectivity index (χ0v) is 6.99. The molecule has 12 heavy (non-hydrogen) atoms. The quantitative estimate of drug-likeness (QED) is 0.649. The molecule has 0 N–H and O–H groups in total. The number of rotatable bonds is 1. The molecule has 62 valence electrons. The zero-order chi connectivity index (χ0) is 8.55. The van der Waals surface area contributed by atoms with Crippen LogP contribution in [0, 0.1) is 0 Å².